The second-order valence-electron chi connectivity index (χ2n) is 6.99. The van der Waals surface area contributed by atoms with Crippen LogP contribution in [0.2, 0.25) is 5.02 Å². The smallest absolute Gasteiger partial charge is 0.344 e. The van der Waals surface area contributed by atoms with Gasteiger partial charge >= 0.3 is 5.97 Å². The molecular formula is C21H18BrClN2O6. The maximum absolute atomic E-state index is 13.0. The van der Waals surface area contributed by atoms with Crippen LogP contribution >= 0.6 is 27.5 Å². The number of esters is 1. The van der Waals surface area contributed by atoms with Crippen LogP contribution in [0.3, 0.4) is 0 Å². The molecule has 31 heavy (non-hydrogen) atoms. The van der Waals surface area contributed by atoms with Crippen LogP contribution < -0.4 is 14.8 Å². The van der Waals surface area contributed by atoms with Gasteiger partial charge in [0.1, 0.15) is 11.6 Å². The van der Waals surface area contributed by atoms with Gasteiger partial charge in [-0.25, -0.2) is 4.79 Å². The lowest BCUT2D eigenvalue weighted by atomic mass is 10.1. The summed E-state index contributed by atoms with van der Waals surface area (Å²) in [5.74, 6) is -0.763. The highest BCUT2D eigenvalue weighted by Crippen LogP contribution is 2.45. The molecule has 0 radical (unpaired) electrons. The Balaban J connectivity index is 1.65. The Morgan fingerprint density at radius 2 is 2.00 bits per heavy atom. The van der Waals surface area contributed by atoms with Crippen molar-refractivity contribution in [2.75, 3.05) is 19.5 Å². The standard InChI is InChI=1S/C21H18BrClN2O6/c1-29-15-7-4-11-17(18(15)30-2)21(28)31-20(11)25-14(6-8-16(25)26)19(27)24-13-5-3-10(22)9-12(13)23/h3-5,7,9,14,20H,6,8H2,1-2H3,(H,24,27). The molecule has 162 valence electrons. The monoisotopic (exact) mass is 508 g/mol. The number of anilines is 1. The van der Waals surface area contributed by atoms with Crippen LogP contribution in [0.15, 0.2) is 34.8 Å². The van der Waals surface area contributed by atoms with Crippen LogP contribution in [0, 0.1) is 0 Å². The Morgan fingerprint density at radius 3 is 2.68 bits per heavy atom. The molecule has 2 heterocycles. The second-order valence-corrected chi connectivity index (χ2v) is 8.31. The third kappa shape index (κ3) is 3.72. The van der Waals surface area contributed by atoms with Gasteiger partial charge in [-0.2, -0.15) is 0 Å². The summed E-state index contributed by atoms with van der Waals surface area (Å²) in [6.07, 6.45) is -0.591. The van der Waals surface area contributed by atoms with Crippen molar-refractivity contribution in [1.29, 1.82) is 0 Å². The normalized spacial score (nSPS) is 19.8. The van der Waals surface area contributed by atoms with E-state index in [0.29, 0.717) is 22.0 Å². The number of hydrogen-bond donors (Lipinski definition) is 1. The number of rotatable bonds is 5. The van der Waals surface area contributed by atoms with Crippen LogP contribution in [0.25, 0.3) is 0 Å². The van der Waals surface area contributed by atoms with Crippen molar-refractivity contribution in [3.63, 3.8) is 0 Å². The van der Waals surface area contributed by atoms with Crippen molar-refractivity contribution in [2.24, 2.45) is 0 Å². The van der Waals surface area contributed by atoms with E-state index >= 15 is 0 Å². The lowest BCUT2D eigenvalue weighted by Gasteiger charge is -2.29. The largest absolute Gasteiger partial charge is 0.493 e. The summed E-state index contributed by atoms with van der Waals surface area (Å²) >= 11 is 9.52. The summed E-state index contributed by atoms with van der Waals surface area (Å²) in [5.41, 5.74) is 1.04. The van der Waals surface area contributed by atoms with Gasteiger partial charge in [-0.1, -0.05) is 27.5 Å². The van der Waals surface area contributed by atoms with Gasteiger partial charge in [0.05, 0.1) is 24.9 Å². The number of fused-ring (bicyclic) bond motifs is 1. The zero-order valence-electron chi connectivity index (χ0n) is 16.6. The first-order chi connectivity index (χ1) is 14.8. The number of cyclic esters (lactones) is 1. The summed E-state index contributed by atoms with van der Waals surface area (Å²) in [5, 5.41) is 3.11. The van der Waals surface area contributed by atoms with Crippen molar-refractivity contribution in [2.45, 2.75) is 25.1 Å². The highest BCUT2D eigenvalue weighted by atomic mass is 79.9. The minimum Gasteiger partial charge on any atom is -0.493 e. The molecule has 1 N–H and O–H groups in total. The maximum atomic E-state index is 13.0. The summed E-state index contributed by atoms with van der Waals surface area (Å²) in [6.45, 7) is 0. The SMILES string of the molecule is COc1ccc2c(c1OC)C(=O)OC2N1C(=O)CCC1C(=O)Nc1ccc(Br)cc1Cl. The minimum atomic E-state index is -1.03. The number of amides is 2. The highest BCUT2D eigenvalue weighted by molar-refractivity contribution is 9.10. The average Bonchev–Trinajstić information content (AvgIpc) is 3.29. The summed E-state index contributed by atoms with van der Waals surface area (Å²) in [4.78, 5) is 39.6. The maximum Gasteiger partial charge on any atom is 0.344 e. The fourth-order valence-corrected chi connectivity index (χ4v) is 4.57. The van der Waals surface area contributed by atoms with Gasteiger partial charge in [0.25, 0.3) is 0 Å². The summed E-state index contributed by atoms with van der Waals surface area (Å²) in [6, 6.07) is 7.50. The molecule has 0 aromatic heterocycles. The van der Waals surface area contributed by atoms with Gasteiger partial charge in [-0.05, 0) is 36.8 Å². The van der Waals surface area contributed by atoms with E-state index in [9.17, 15) is 14.4 Å². The molecule has 2 aromatic rings. The number of likely N-dealkylation sites (tertiary alicyclic amines) is 1. The lowest BCUT2D eigenvalue weighted by molar-refractivity contribution is -0.144. The average molecular weight is 510 g/mol. The van der Waals surface area contributed by atoms with Gasteiger partial charge < -0.3 is 19.5 Å². The third-order valence-electron chi connectivity index (χ3n) is 5.27. The first-order valence-corrected chi connectivity index (χ1v) is 10.6. The minimum absolute atomic E-state index is 0.156. The number of carbonyl (C=O) groups is 3. The number of nitrogens with zero attached hydrogens (tertiary/aromatic N) is 1. The van der Waals surface area contributed by atoms with E-state index in [1.54, 1.807) is 30.3 Å². The van der Waals surface area contributed by atoms with Crippen LogP contribution in [0.1, 0.15) is 35.0 Å². The number of methoxy groups -OCH3 is 2. The van der Waals surface area contributed by atoms with Gasteiger partial charge in [-0.15, -0.1) is 0 Å². The van der Waals surface area contributed by atoms with E-state index in [4.69, 9.17) is 25.8 Å². The van der Waals surface area contributed by atoms with E-state index in [2.05, 4.69) is 21.2 Å². The predicted octanol–water partition coefficient (Wildman–Crippen LogP) is 3.92. The molecule has 4 rings (SSSR count). The van der Waals surface area contributed by atoms with Crippen LogP contribution in [-0.4, -0.2) is 42.9 Å². The van der Waals surface area contributed by atoms with Crippen LogP contribution in [-0.2, 0) is 14.3 Å². The van der Waals surface area contributed by atoms with Gasteiger partial charge in [0.15, 0.2) is 11.5 Å². The molecule has 2 atom stereocenters. The van der Waals surface area contributed by atoms with Crippen molar-refractivity contribution in [3.8, 4) is 11.5 Å². The number of ether oxygens (including phenoxy) is 3. The van der Waals surface area contributed by atoms with Gasteiger partial charge in [0.2, 0.25) is 18.0 Å². The summed E-state index contributed by atoms with van der Waals surface area (Å²) < 4.78 is 16.9. The summed E-state index contributed by atoms with van der Waals surface area (Å²) in [7, 11) is 2.87. The molecule has 0 saturated carbocycles. The van der Waals surface area contributed by atoms with E-state index < -0.39 is 24.1 Å². The Labute approximate surface area is 191 Å². The quantitative estimate of drug-likeness (QED) is 0.614. The van der Waals surface area contributed by atoms with E-state index in [0.717, 1.165) is 4.47 Å². The third-order valence-corrected chi connectivity index (χ3v) is 6.07. The topological polar surface area (TPSA) is 94.2 Å². The fourth-order valence-electron chi connectivity index (χ4n) is 3.85. The van der Waals surface area contributed by atoms with Crippen LogP contribution in [0.4, 0.5) is 5.69 Å². The van der Waals surface area contributed by atoms with Crippen LogP contribution in [0.5, 0.6) is 11.5 Å². The highest BCUT2D eigenvalue weighted by Gasteiger charge is 2.47. The second kappa shape index (κ2) is 8.39. The molecule has 0 aliphatic carbocycles. The van der Waals surface area contributed by atoms with Gasteiger partial charge in [-0.3, -0.25) is 14.5 Å². The fraction of sp³-hybridized carbons (Fsp3) is 0.286. The molecule has 1 fully saturated rings. The van der Waals surface area contributed by atoms with Crippen molar-refractivity contribution in [3.05, 3.63) is 51.0 Å². The number of nitrogens with one attached hydrogen (secondary N) is 1. The van der Waals surface area contributed by atoms with E-state index in [1.165, 1.54) is 19.1 Å². The molecule has 2 amide bonds. The Bertz CT molecular complexity index is 1090. The van der Waals surface area contributed by atoms with E-state index in [-0.39, 0.29) is 30.1 Å². The van der Waals surface area contributed by atoms with E-state index in [1.807, 2.05) is 0 Å². The molecule has 0 bridgehead atoms. The first-order valence-electron chi connectivity index (χ1n) is 9.38. The molecule has 0 spiro atoms. The predicted molar refractivity (Wildman–Crippen MR) is 115 cm³/mol. The molecule has 2 aliphatic heterocycles. The number of benzene rings is 2. The Morgan fingerprint density at radius 1 is 1.23 bits per heavy atom. The van der Waals surface area contributed by atoms with Crippen molar-refractivity contribution in [1.82, 2.24) is 4.90 Å². The molecule has 10 heteroatoms. The number of carbonyl (C=O) groups excluding carboxylic acids is 3. The van der Waals surface area contributed by atoms with Gasteiger partial charge in [0, 0.05) is 16.5 Å². The lowest BCUT2D eigenvalue weighted by Crippen LogP contribution is -2.43. The first kappa shape index (κ1) is 21.5. The van der Waals surface area contributed by atoms with Crippen molar-refractivity contribution >= 4 is 51.0 Å². The Kier molecular flexibility index (Phi) is 5.81. The zero-order valence-corrected chi connectivity index (χ0v) is 19.0. The molecule has 8 nitrogen and oxygen atoms in total. The molecule has 2 aliphatic rings. The Hall–Kier alpha value is -2.78. The molecule has 2 aromatic carbocycles. The van der Waals surface area contributed by atoms with Crippen molar-refractivity contribution < 1.29 is 28.6 Å². The number of hydrogen-bond acceptors (Lipinski definition) is 6. The number of halogens is 2. The molecule has 2 unspecified atom stereocenters. The zero-order chi connectivity index (χ0) is 22.3. The molecule has 1 saturated heterocycles. The molecular weight excluding hydrogens is 492 g/mol.